The van der Waals surface area contributed by atoms with E-state index in [1.54, 1.807) is 6.07 Å². The lowest BCUT2D eigenvalue weighted by atomic mass is 10.1. The van der Waals surface area contributed by atoms with E-state index >= 15 is 0 Å². The summed E-state index contributed by atoms with van der Waals surface area (Å²) in [6, 6.07) is 14.4. The van der Waals surface area contributed by atoms with E-state index in [0.717, 1.165) is 6.42 Å². The van der Waals surface area contributed by atoms with Crippen LogP contribution < -0.4 is 15.8 Å². The van der Waals surface area contributed by atoms with E-state index < -0.39 is 12.0 Å². The van der Waals surface area contributed by atoms with E-state index in [-0.39, 0.29) is 11.3 Å². The van der Waals surface area contributed by atoms with Gasteiger partial charge in [-0.15, -0.1) is 0 Å². The number of carbonyl (C=O) groups is 1. The third kappa shape index (κ3) is 6.45. The van der Waals surface area contributed by atoms with Gasteiger partial charge in [0.05, 0.1) is 11.7 Å². The van der Waals surface area contributed by atoms with Gasteiger partial charge in [0.1, 0.15) is 18.1 Å². The summed E-state index contributed by atoms with van der Waals surface area (Å²) in [7, 11) is 0. The van der Waals surface area contributed by atoms with Crippen molar-refractivity contribution in [3.05, 3.63) is 59.7 Å². The number of aryl methyl sites for hydroxylation is 1. The summed E-state index contributed by atoms with van der Waals surface area (Å²) in [5.74, 6) is -0.417. The summed E-state index contributed by atoms with van der Waals surface area (Å²) in [5, 5.41) is 22.6. The Morgan fingerprint density at radius 3 is 2.68 bits per heavy atom. The van der Waals surface area contributed by atoms with Crippen molar-refractivity contribution in [3.63, 3.8) is 0 Å². The molecule has 0 fully saturated rings. The summed E-state index contributed by atoms with van der Waals surface area (Å²) in [4.78, 5) is 11.2. The molecule has 6 nitrogen and oxygen atoms in total. The van der Waals surface area contributed by atoms with Crippen LogP contribution in [-0.2, 0) is 6.42 Å². The molecule has 2 aromatic rings. The highest BCUT2D eigenvalue weighted by atomic mass is 16.5. The molecule has 0 aliphatic heterocycles. The number of benzene rings is 2. The van der Waals surface area contributed by atoms with Crippen LogP contribution in [0.2, 0.25) is 0 Å². The molecule has 2 rings (SSSR count). The third-order valence-electron chi connectivity index (χ3n) is 3.77. The maximum absolute atomic E-state index is 11.2. The van der Waals surface area contributed by atoms with Crippen molar-refractivity contribution in [2.75, 3.05) is 19.7 Å². The Morgan fingerprint density at radius 2 is 1.96 bits per heavy atom. The van der Waals surface area contributed by atoms with E-state index in [4.69, 9.17) is 10.5 Å². The second-order valence-electron chi connectivity index (χ2n) is 5.77. The molecule has 0 aliphatic carbocycles. The molecule has 0 saturated heterocycles. The maximum Gasteiger partial charge on any atom is 0.252 e. The Morgan fingerprint density at radius 1 is 1.20 bits per heavy atom. The minimum atomic E-state index is -0.706. The summed E-state index contributed by atoms with van der Waals surface area (Å²) in [6.07, 6.45) is 1.11. The Bertz CT molecular complexity index is 676. The predicted octanol–water partition coefficient (Wildman–Crippen LogP) is 1.45. The van der Waals surface area contributed by atoms with E-state index in [2.05, 4.69) is 5.32 Å². The summed E-state index contributed by atoms with van der Waals surface area (Å²) in [5.41, 5.74) is 6.41. The highest BCUT2D eigenvalue weighted by molar-refractivity contribution is 5.95. The first-order chi connectivity index (χ1) is 12.1. The number of aliphatic hydroxyl groups is 1. The molecule has 0 spiro atoms. The van der Waals surface area contributed by atoms with Crippen LogP contribution >= 0.6 is 0 Å². The second-order valence-corrected chi connectivity index (χ2v) is 5.77. The number of carbonyl (C=O) groups excluding carboxylic acids is 1. The molecule has 1 atom stereocenters. The Kier molecular flexibility index (Phi) is 7.25. The van der Waals surface area contributed by atoms with Gasteiger partial charge in [-0.2, -0.15) is 0 Å². The molecule has 0 aromatic heterocycles. The summed E-state index contributed by atoms with van der Waals surface area (Å²) < 4.78 is 5.50. The number of ether oxygens (including phenoxy) is 1. The van der Waals surface area contributed by atoms with Crippen molar-refractivity contribution in [2.24, 2.45) is 5.73 Å². The third-order valence-corrected chi connectivity index (χ3v) is 3.77. The maximum atomic E-state index is 11.2. The molecule has 0 unspecified atom stereocenters. The van der Waals surface area contributed by atoms with Gasteiger partial charge in [0.25, 0.3) is 5.91 Å². The molecule has 6 heteroatoms. The number of rotatable bonds is 10. The standard InChI is InChI=1S/C19H24N2O4/c20-19(24)17-12-16(8-9-18(17)23)25-11-10-21-13-15(22)7-6-14-4-2-1-3-5-14/h1-5,8-9,12,15,21-23H,6-7,10-11,13H2,(H2,20,24)/t15-/m1/s1. The second kappa shape index (κ2) is 9.66. The first kappa shape index (κ1) is 18.8. The number of phenols is 1. The normalized spacial score (nSPS) is 11.9. The molecule has 0 radical (unpaired) electrons. The van der Waals surface area contributed by atoms with Crippen molar-refractivity contribution in [2.45, 2.75) is 18.9 Å². The zero-order valence-corrected chi connectivity index (χ0v) is 14.0. The first-order valence-corrected chi connectivity index (χ1v) is 8.24. The van der Waals surface area contributed by atoms with Gasteiger partial charge in [-0.3, -0.25) is 4.79 Å². The Hall–Kier alpha value is -2.57. The van der Waals surface area contributed by atoms with E-state index in [1.807, 2.05) is 30.3 Å². The summed E-state index contributed by atoms with van der Waals surface area (Å²) >= 11 is 0. The highest BCUT2D eigenvalue weighted by Crippen LogP contribution is 2.22. The number of aromatic hydroxyl groups is 1. The van der Waals surface area contributed by atoms with E-state index in [9.17, 15) is 15.0 Å². The molecule has 25 heavy (non-hydrogen) atoms. The van der Waals surface area contributed by atoms with Crippen LogP contribution in [0.15, 0.2) is 48.5 Å². The minimum Gasteiger partial charge on any atom is -0.507 e. The van der Waals surface area contributed by atoms with E-state index in [0.29, 0.717) is 31.9 Å². The topological polar surface area (TPSA) is 105 Å². The molecule has 2 aromatic carbocycles. The lowest BCUT2D eigenvalue weighted by Gasteiger charge is -2.13. The average Bonchev–Trinajstić information content (AvgIpc) is 2.61. The lowest BCUT2D eigenvalue weighted by molar-refractivity contribution is 0.0997. The molecule has 5 N–H and O–H groups in total. The molecular weight excluding hydrogens is 320 g/mol. The van der Waals surface area contributed by atoms with E-state index in [1.165, 1.54) is 17.7 Å². The fourth-order valence-electron chi connectivity index (χ4n) is 2.39. The van der Waals surface area contributed by atoms with Crippen LogP contribution in [0.25, 0.3) is 0 Å². The Labute approximate surface area is 147 Å². The van der Waals surface area contributed by atoms with Crippen molar-refractivity contribution < 1.29 is 19.7 Å². The van der Waals surface area contributed by atoms with Crippen LogP contribution in [0.3, 0.4) is 0 Å². The predicted molar refractivity (Wildman–Crippen MR) is 95.8 cm³/mol. The first-order valence-electron chi connectivity index (χ1n) is 8.24. The molecule has 134 valence electrons. The van der Waals surface area contributed by atoms with Gasteiger partial charge in [-0.1, -0.05) is 30.3 Å². The zero-order valence-electron chi connectivity index (χ0n) is 14.0. The van der Waals surface area contributed by atoms with Crippen LogP contribution in [0.5, 0.6) is 11.5 Å². The average molecular weight is 344 g/mol. The molecule has 0 heterocycles. The number of nitrogens with one attached hydrogen (secondary N) is 1. The number of aliphatic hydroxyl groups excluding tert-OH is 1. The van der Waals surface area contributed by atoms with Crippen molar-refractivity contribution in [1.82, 2.24) is 5.32 Å². The van der Waals surface area contributed by atoms with Gasteiger partial charge < -0.3 is 26.0 Å². The van der Waals surface area contributed by atoms with Gasteiger partial charge in [0.2, 0.25) is 0 Å². The van der Waals surface area contributed by atoms with Crippen molar-refractivity contribution in [3.8, 4) is 11.5 Å². The van der Waals surface area contributed by atoms with Gasteiger partial charge in [-0.25, -0.2) is 0 Å². The number of hydrogen-bond donors (Lipinski definition) is 4. The van der Waals surface area contributed by atoms with Gasteiger partial charge in [0, 0.05) is 13.1 Å². The molecule has 0 aliphatic rings. The number of primary amides is 1. The van der Waals surface area contributed by atoms with Gasteiger partial charge >= 0.3 is 0 Å². The number of hydrogen-bond acceptors (Lipinski definition) is 5. The largest absolute Gasteiger partial charge is 0.507 e. The molecular formula is C19H24N2O4. The van der Waals surface area contributed by atoms with Gasteiger partial charge in [-0.05, 0) is 36.6 Å². The van der Waals surface area contributed by atoms with Crippen LogP contribution in [0, 0.1) is 0 Å². The van der Waals surface area contributed by atoms with Crippen molar-refractivity contribution >= 4 is 5.91 Å². The van der Waals surface area contributed by atoms with Crippen LogP contribution in [0.1, 0.15) is 22.3 Å². The Balaban J connectivity index is 1.63. The number of nitrogens with two attached hydrogens (primary N) is 1. The minimum absolute atomic E-state index is 0.0294. The highest BCUT2D eigenvalue weighted by Gasteiger charge is 2.09. The fraction of sp³-hybridized carbons (Fsp3) is 0.316. The lowest BCUT2D eigenvalue weighted by Crippen LogP contribution is -2.30. The van der Waals surface area contributed by atoms with Crippen molar-refractivity contribution in [1.29, 1.82) is 0 Å². The summed E-state index contributed by atoms with van der Waals surface area (Å²) in [6.45, 7) is 1.40. The number of amides is 1. The quantitative estimate of drug-likeness (QED) is 0.488. The van der Waals surface area contributed by atoms with Gasteiger partial charge in [0.15, 0.2) is 0 Å². The zero-order chi connectivity index (χ0) is 18.1. The smallest absolute Gasteiger partial charge is 0.252 e. The molecule has 0 saturated carbocycles. The van der Waals surface area contributed by atoms with Crippen LogP contribution in [-0.4, -0.2) is 41.9 Å². The monoisotopic (exact) mass is 344 g/mol. The fourth-order valence-corrected chi connectivity index (χ4v) is 2.39. The molecule has 0 bridgehead atoms. The molecule has 1 amide bonds. The van der Waals surface area contributed by atoms with Crippen LogP contribution in [0.4, 0.5) is 0 Å². The SMILES string of the molecule is NC(=O)c1cc(OCCNC[C@H](O)CCc2ccccc2)ccc1O.